The van der Waals surface area contributed by atoms with Gasteiger partial charge < -0.3 is 16.0 Å². The second kappa shape index (κ2) is 6.47. The molecule has 1 atom stereocenters. The number of primary amides is 1. The van der Waals surface area contributed by atoms with Gasteiger partial charge in [0.25, 0.3) is 5.91 Å². The van der Waals surface area contributed by atoms with E-state index >= 15 is 0 Å². The van der Waals surface area contributed by atoms with E-state index in [9.17, 15) is 14.0 Å². The average molecular weight is 279 g/mol. The molecule has 1 aliphatic heterocycles. The number of amides is 2. The zero-order valence-corrected chi connectivity index (χ0v) is 11.1. The first-order valence-electron chi connectivity index (χ1n) is 6.63. The Morgan fingerprint density at radius 3 is 2.60 bits per heavy atom. The van der Waals surface area contributed by atoms with Gasteiger partial charge in [0.05, 0.1) is 6.54 Å². The minimum atomic E-state index is -0.550. The van der Waals surface area contributed by atoms with Crippen LogP contribution in [0.5, 0.6) is 0 Å². The van der Waals surface area contributed by atoms with Gasteiger partial charge in [0, 0.05) is 18.2 Å². The first-order valence-corrected chi connectivity index (χ1v) is 6.63. The molecule has 1 aliphatic rings. The molecular formula is C14H18FN3O2. The van der Waals surface area contributed by atoms with E-state index in [0.29, 0.717) is 12.1 Å². The van der Waals surface area contributed by atoms with Crippen LogP contribution in [0.25, 0.3) is 0 Å². The number of rotatable bonds is 4. The summed E-state index contributed by atoms with van der Waals surface area (Å²) in [5.41, 5.74) is 5.59. The molecule has 108 valence electrons. The Kier molecular flexibility index (Phi) is 4.68. The van der Waals surface area contributed by atoms with Crippen molar-refractivity contribution in [3.05, 3.63) is 35.6 Å². The predicted molar refractivity (Wildman–Crippen MR) is 72.5 cm³/mol. The number of carbonyl (C=O) groups excluding carboxylic acids is 2. The number of benzene rings is 1. The molecule has 1 saturated heterocycles. The van der Waals surface area contributed by atoms with E-state index in [1.807, 2.05) is 0 Å². The summed E-state index contributed by atoms with van der Waals surface area (Å²) < 4.78 is 12.9. The maximum atomic E-state index is 12.9. The number of carbonyl (C=O) groups is 2. The van der Waals surface area contributed by atoms with Crippen LogP contribution in [0.1, 0.15) is 23.2 Å². The van der Waals surface area contributed by atoms with Crippen LogP contribution in [-0.2, 0) is 4.79 Å². The number of hydrogen-bond acceptors (Lipinski definition) is 3. The van der Waals surface area contributed by atoms with E-state index in [-0.39, 0.29) is 18.5 Å². The first kappa shape index (κ1) is 14.5. The van der Waals surface area contributed by atoms with Crippen molar-refractivity contribution in [1.82, 2.24) is 10.2 Å². The third-order valence-corrected chi connectivity index (χ3v) is 3.39. The summed E-state index contributed by atoms with van der Waals surface area (Å²) in [6.45, 7) is 1.43. The Morgan fingerprint density at radius 2 is 2.05 bits per heavy atom. The normalized spacial score (nSPS) is 18.6. The van der Waals surface area contributed by atoms with Gasteiger partial charge in [0.2, 0.25) is 5.91 Å². The fourth-order valence-electron chi connectivity index (χ4n) is 2.39. The smallest absolute Gasteiger partial charge is 0.254 e. The van der Waals surface area contributed by atoms with E-state index in [1.165, 1.54) is 29.2 Å². The van der Waals surface area contributed by atoms with Gasteiger partial charge >= 0.3 is 0 Å². The average Bonchev–Trinajstić information content (AvgIpc) is 2.45. The lowest BCUT2D eigenvalue weighted by molar-refractivity contribution is -0.119. The molecule has 3 N–H and O–H groups in total. The third-order valence-electron chi connectivity index (χ3n) is 3.39. The molecule has 2 rings (SSSR count). The van der Waals surface area contributed by atoms with Gasteiger partial charge in [-0.2, -0.15) is 0 Å². The molecule has 0 radical (unpaired) electrons. The molecule has 1 aromatic rings. The van der Waals surface area contributed by atoms with Crippen LogP contribution in [0, 0.1) is 5.82 Å². The Hall–Kier alpha value is -1.95. The lowest BCUT2D eigenvalue weighted by Crippen LogP contribution is -2.51. The van der Waals surface area contributed by atoms with Crippen molar-refractivity contribution in [1.29, 1.82) is 0 Å². The van der Waals surface area contributed by atoms with Gasteiger partial charge in [-0.3, -0.25) is 9.59 Å². The first-order chi connectivity index (χ1) is 9.58. The quantitative estimate of drug-likeness (QED) is 0.843. The Labute approximate surface area is 116 Å². The molecular weight excluding hydrogens is 261 g/mol. The zero-order valence-electron chi connectivity index (χ0n) is 11.1. The number of nitrogens with zero attached hydrogens (tertiary/aromatic N) is 1. The molecule has 2 amide bonds. The van der Waals surface area contributed by atoms with Crippen molar-refractivity contribution in [2.75, 3.05) is 19.6 Å². The van der Waals surface area contributed by atoms with Crippen molar-refractivity contribution in [2.45, 2.75) is 18.9 Å². The monoisotopic (exact) mass is 279 g/mol. The van der Waals surface area contributed by atoms with E-state index < -0.39 is 11.7 Å². The van der Waals surface area contributed by atoms with Crippen LogP contribution in [0.15, 0.2) is 24.3 Å². The largest absolute Gasteiger partial charge is 0.368 e. The molecule has 20 heavy (non-hydrogen) atoms. The van der Waals surface area contributed by atoms with E-state index in [0.717, 1.165) is 19.4 Å². The van der Waals surface area contributed by atoms with Crippen molar-refractivity contribution < 1.29 is 14.0 Å². The second-order valence-electron chi connectivity index (χ2n) is 4.91. The van der Waals surface area contributed by atoms with Crippen LogP contribution in [0.2, 0.25) is 0 Å². The van der Waals surface area contributed by atoms with Crippen LogP contribution >= 0.6 is 0 Å². The number of nitrogens with one attached hydrogen (secondary N) is 1. The van der Waals surface area contributed by atoms with Gasteiger partial charge in [0.15, 0.2) is 0 Å². The van der Waals surface area contributed by atoms with Crippen LogP contribution in [-0.4, -0.2) is 42.4 Å². The highest BCUT2D eigenvalue weighted by atomic mass is 19.1. The maximum Gasteiger partial charge on any atom is 0.254 e. The topological polar surface area (TPSA) is 75.4 Å². The summed E-state index contributed by atoms with van der Waals surface area (Å²) in [5, 5.41) is 3.20. The predicted octanol–water partition coefficient (Wildman–Crippen LogP) is 0.505. The second-order valence-corrected chi connectivity index (χ2v) is 4.91. The molecule has 0 saturated carbocycles. The number of nitrogens with two attached hydrogens (primary N) is 1. The zero-order chi connectivity index (χ0) is 14.5. The van der Waals surface area contributed by atoms with Crippen molar-refractivity contribution >= 4 is 11.8 Å². The Balaban J connectivity index is 2.18. The van der Waals surface area contributed by atoms with Gasteiger partial charge in [-0.15, -0.1) is 0 Å². The fraction of sp³-hybridized carbons (Fsp3) is 0.429. The van der Waals surface area contributed by atoms with E-state index in [2.05, 4.69) is 5.32 Å². The van der Waals surface area contributed by atoms with Gasteiger partial charge in [0.1, 0.15) is 5.82 Å². The van der Waals surface area contributed by atoms with Crippen molar-refractivity contribution in [3.8, 4) is 0 Å². The SMILES string of the molecule is NC(=O)CN(C(=O)c1ccc(F)cc1)C1CCCNC1. The Morgan fingerprint density at radius 1 is 1.35 bits per heavy atom. The third kappa shape index (κ3) is 3.54. The molecule has 0 bridgehead atoms. The maximum absolute atomic E-state index is 12.9. The summed E-state index contributed by atoms with van der Waals surface area (Å²) in [6, 6.07) is 5.24. The highest BCUT2D eigenvalue weighted by molar-refractivity contribution is 5.96. The van der Waals surface area contributed by atoms with Gasteiger partial charge in [-0.1, -0.05) is 0 Å². The molecule has 0 aromatic heterocycles. The van der Waals surface area contributed by atoms with Gasteiger partial charge in [-0.25, -0.2) is 4.39 Å². The lowest BCUT2D eigenvalue weighted by atomic mass is 10.0. The summed E-state index contributed by atoms with van der Waals surface area (Å²) in [5.74, 6) is -1.24. The number of piperidine rings is 1. The molecule has 1 unspecified atom stereocenters. The lowest BCUT2D eigenvalue weighted by Gasteiger charge is -2.34. The van der Waals surface area contributed by atoms with E-state index in [1.54, 1.807) is 0 Å². The highest BCUT2D eigenvalue weighted by Gasteiger charge is 2.27. The summed E-state index contributed by atoms with van der Waals surface area (Å²) in [7, 11) is 0. The van der Waals surface area contributed by atoms with Crippen LogP contribution in [0.4, 0.5) is 4.39 Å². The molecule has 0 aliphatic carbocycles. The Bertz CT molecular complexity index is 484. The molecule has 1 fully saturated rings. The van der Waals surface area contributed by atoms with Gasteiger partial charge in [-0.05, 0) is 43.7 Å². The summed E-state index contributed by atoms with van der Waals surface area (Å²) >= 11 is 0. The molecule has 5 nitrogen and oxygen atoms in total. The minimum absolute atomic E-state index is 0.0613. The highest BCUT2D eigenvalue weighted by Crippen LogP contribution is 2.14. The minimum Gasteiger partial charge on any atom is -0.368 e. The van der Waals surface area contributed by atoms with Crippen LogP contribution < -0.4 is 11.1 Å². The standard InChI is InChI=1S/C14H18FN3O2/c15-11-5-3-10(4-6-11)14(20)18(9-13(16)19)12-2-1-7-17-8-12/h3-6,12,17H,1-2,7-9H2,(H2,16,19). The van der Waals surface area contributed by atoms with Crippen LogP contribution in [0.3, 0.4) is 0 Å². The van der Waals surface area contributed by atoms with Crippen molar-refractivity contribution in [2.24, 2.45) is 5.73 Å². The number of hydrogen-bond donors (Lipinski definition) is 2. The fourth-order valence-corrected chi connectivity index (χ4v) is 2.39. The van der Waals surface area contributed by atoms with Crippen molar-refractivity contribution in [3.63, 3.8) is 0 Å². The summed E-state index contributed by atoms with van der Waals surface area (Å²) in [6.07, 6.45) is 1.77. The molecule has 0 spiro atoms. The molecule has 6 heteroatoms. The molecule has 1 heterocycles. The summed E-state index contributed by atoms with van der Waals surface area (Å²) in [4.78, 5) is 25.1. The number of halogens is 1. The molecule has 1 aromatic carbocycles. The van der Waals surface area contributed by atoms with E-state index in [4.69, 9.17) is 5.73 Å².